The zero-order chi connectivity index (χ0) is 14.4. The molecule has 3 heteroatoms. The van der Waals surface area contributed by atoms with Crippen molar-refractivity contribution in [1.29, 1.82) is 0 Å². The predicted octanol–water partition coefficient (Wildman–Crippen LogP) is 4.70. The van der Waals surface area contributed by atoms with Gasteiger partial charge in [-0.25, -0.2) is 4.39 Å². The third-order valence-electron chi connectivity index (χ3n) is 3.36. The molecule has 0 heterocycles. The number of nitrogens with one attached hydrogen (secondary N) is 1. The Morgan fingerprint density at radius 1 is 1.15 bits per heavy atom. The predicted molar refractivity (Wildman–Crippen MR) is 85.2 cm³/mol. The molecule has 106 valence electrons. The molecule has 2 aromatic carbocycles. The molecule has 20 heavy (non-hydrogen) atoms. The number of aryl methyl sites for hydroxylation is 1. The Morgan fingerprint density at radius 3 is 2.65 bits per heavy atom. The van der Waals surface area contributed by atoms with E-state index in [2.05, 4.69) is 52.4 Å². The van der Waals surface area contributed by atoms with E-state index >= 15 is 0 Å². The summed E-state index contributed by atoms with van der Waals surface area (Å²) in [5.74, 6) is -0.157. The zero-order valence-electron chi connectivity index (χ0n) is 11.6. The highest BCUT2D eigenvalue weighted by Gasteiger charge is 2.06. The molecule has 0 bridgehead atoms. The summed E-state index contributed by atoms with van der Waals surface area (Å²) in [5.41, 5.74) is 2.04. The van der Waals surface area contributed by atoms with E-state index in [1.54, 1.807) is 6.07 Å². The van der Waals surface area contributed by atoms with Crippen LogP contribution in [0.25, 0.3) is 0 Å². The van der Waals surface area contributed by atoms with Crippen LogP contribution in [0.2, 0.25) is 0 Å². The first kappa shape index (κ1) is 15.2. The molecule has 0 saturated carbocycles. The van der Waals surface area contributed by atoms with Crippen molar-refractivity contribution in [3.63, 3.8) is 0 Å². The minimum atomic E-state index is -0.157. The molecule has 0 aliphatic carbocycles. The van der Waals surface area contributed by atoms with Crippen LogP contribution in [-0.4, -0.2) is 6.04 Å². The molecule has 0 aliphatic heterocycles. The lowest BCUT2D eigenvalue weighted by Gasteiger charge is -2.14. The van der Waals surface area contributed by atoms with Crippen molar-refractivity contribution in [2.24, 2.45) is 0 Å². The van der Waals surface area contributed by atoms with Gasteiger partial charge in [0.15, 0.2) is 0 Å². The summed E-state index contributed by atoms with van der Waals surface area (Å²) in [6.45, 7) is 2.69. The van der Waals surface area contributed by atoms with Gasteiger partial charge in [0.1, 0.15) is 5.82 Å². The molecule has 1 N–H and O–H groups in total. The third kappa shape index (κ3) is 4.73. The Labute approximate surface area is 128 Å². The molecule has 2 aromatic rings. The van der Waals surface area contributed by atoms with Gasteiger partial charge in [-0.3, -0.25) is 0 Å². The molecule has 1 unspecified atom stereocenters. The van der Waals surface area contributed by atoms with Crippen molar-refractivity contribution in [2.75, 3.05) is 0 Å². The van der Waals surface area contributed by atoms with E-state index in [-0.39, 0.29) is 5.82 Å². The average Bonchev–Trinajstić information content (AvgIpc) is 2.47. The van der Waals surface area contributed by atoms with Gasteiger partial charge in [-0.2, -0.15) is 0 Å². The van der Waals surface area contributed by atoms with Gasteiger partial charge in [-0.05, 0) is 43.5 Å². The van der Waals surface area contributed by atoms with Gasteiger partial charge < -0.3 is 5.32 Å². The normalized spacial score (nSPS) is 12.3. The molecule has 0 aliphatic rings. The summed E-state index contributed by atoms with van der Waals surface area (Å²) in [5, 5.41) is 3.38. The summed E-state index contributed by atoms with van der Waals surface area (Å²) in [6, 6.07) is 15.8. The fourth-order valence-corrected chi connectivity index (χ4v) is 2.50. The van der Waals surface area contributed by atoms with Crippen LogP contribution in [0, 0.1) is 5.82 Å². The van der Waals surface area contributed by atoms with Crippen LogP contribution in [-0.2, 0) is 13.0 Å². The minimum absolute atomic E-state index is 0.157. The monoisotopic (exact) mass is 335 g/mol. The fraction of sp³-hybridized carbons (Fsp3) is 0.294. The van der Waals surface area contributed by atoms with Gasteiger partial charge in [0.2, 0.25) is 0 Å². The Balaban J connectivity index is 1.80. The minimum Gasteiger partial charge on any atom is -0.310 e. The van der Waals surface area contributed by atoms with Crippen molar-refractivity contribution in [3.8, 4) is 0 Å². The van der Waals surface area contributed by atoms with Gasteiger partial charge in [0, 0.05) is 22.6 Å². The van der Waals surface area contributed by atoms with Gasteiger partial charge in [-0.1, -0.05) is 46.3 Å². The van der Waals surface area contributed by atoms with Gasteiger partial charge in [0.25, 0.3) is 0 Å². The number of hydrogen-bond donors (Lipinski definition) is 1. The largest absolute Gasteiger partial charge is 0.310 e. The molecule has 1 atom stereocenters. The molecule has 2 rings (SSSR count). The van der Waals surface area contributed by atoms with E-state index in [9.17, 15) is 4.39 Å². The first-order chi connectivity index (χ1) is 9.65. The van der Waals surface area contributed by atoms with E-state index in [1.165, 1.54) is 11.6 Å². The summed E-state index contributed by atoms with van der Waals surface area (Å²) in [7, 11) is 0. The Kier molecular flexibility index (Phi) is 5.74. The average molecular weight is 336 g/mol. The van der Waals surface area contributed by atoms with E-state index in [4.69, 9.17) is 0 Å². The summed E-state index contributed by atoms with van der Waals surface area (Å²) in [6.07, 6.45) is 2.08. The molecule has 0 saturated heterocycles. The third-order valence-corrected chi connectivity index (χ3v) is 3.85. The van der Waals surface area contributed by atoms with Crippen LogP contribution >= 0.6 is 15.9 Å². The molecule has 0 amide bonds. The van der Waals surface area contributed by atoms with Crippen molar-refractivity contribution in [1.82, 2.24) is 5.32 Å². The molecular formula is C17H19BrFN. The lowest BCUT2D eigenvalue weighted by molar-refractivity contribution is 0.501. The maximum absolute atomic E-state index is 13.6. The summed E-state index contributed by atoms with van der Waals surface area (Å²) < 4.78 is 14.5. The van der Waals surface area contributed by atoms with E-state index in [0.29, 0.717) is 18.2 Å². The van der Waals surface area contributed by atoms with Crippen LogP contribution in [0.15, 0.2) is 53.0 Å². The maximum atomic E-state index is 13.6. The molecule has 0 radical (unpaired) electrons. The maximum Gasteiger partial charge on any atom is 0.127 e. The second kappa shape index (κ2) is 7.55. The molecule has 0 spiro atoms. The second-order valence-electron chi connectivity index (χ2n) is 5.04. The molecule has 0 fully saturated rings. The van der Waals surface area contributed by atoms with E-state index in [1.807, 2.05) is 12.1 Å². The number of benzene rings is 2. The van der Waals surface area contributed by atoms with Crippen LogP contribution < -0.4 is 5.32 Å². The summed E-state index contributed by atoms with van der Waals surface area (Å²) in [4.78, 5) is 0. The van der Waals surface area contributed by atoms with Crippen molar-refractivity contribution < 1.29 is 4.39 Å². The Hall–Kier alpha value is -1.19. The van der Waals surface area contributed by atoms with Crippen molar-refractivity contribution >= 4 is 15.9 Å². The highest BCUT2D eigenvalue weighted by atomic mass is 79.9. The van der Waals surface area contributed by atoms with Crippen LogP contribution in [0.4, 0.5) is 4.39 Å². The smallest absolute Gasteiger partial charge is 0.127 e. The lowest BCUT2D eigenvalue weighted by atomic mass is 10.1. The Morgan fingerprint density at radius 2 is 1.90 bits per heavy atom. The SMILES string of the molecule is CC(CCc1ccccc1)NCc1cc(Br)ccc1F. The molecule has 0 aromatic heterocycles. The fourth-order valence-electron chi connectivity index (χ4n) is 2.09. The zero-order valence-corrected chi connectivity index (χ0v) is 13.2. The van der Waals surface area contributed by atoms with E-state index in [0.717, 1.165) is 17.3 Å². The standard InChI is InChI=1S/C17H19BrFN/c1-13(7-8-14-5-3-2-4-6-14)20-12-15-11-16(18)9-10-17(15)19/h2-6,9-11,13,20H,7-8,12H2,1H3. The van der Waals surface area contributed by atoms with Crippen LogP contribution in [0.1, 0.15) is 24.5 Å². The lowest BCUT2D eigenvalue weighted by Crippen LogP contribution is -2.26. The summed E-state index contributed by atoms with van der Waals surface area (Å²) >= 11 is 3.37. The quantitative estimate of drug-likeness (QED) is 0.806. The van der Waals surface area contributed by atoms with Crippen molar-refractivity contribution in [2.45, 2.75) is 32.4 Å². The number of rotatable bonds is 6. The highest BCUT2D eigenvalue weighted by Crippen LogP contribution is 2.15. The molecular weight excluding hydrogens is 317 g/mol. The number of hydrogen-bond acceptors (Lipinski definition) is 1. The van der Waals surface area contributed by atoms with Crippen molar-refractivity contribution in [3.05, 3.63) is 69.9 Å². The van der Waals surface area contributed by atoms with Crippen LogP contribution in [0.5, 0.6) is 0 Å². The first-order valence-electron chi connectivity index (χ1n) is 6.86. The van der Waals surface area contributed by atoms with Gasteiger partial charge in [-0.15, -0.1) is 0 Å². The molecule has 1 nitrogen and oxygen atoms in total. The van der Waals surface area contributed by atoms with Crippen LogP contribution in [0.3, 0.4) is 0 Å². The highest BCUT2D eigenvalue weighted by molar-refractivity contribution is 9.10. The van der Waals surface area contributed by atoms with Gasteiger partial charge >= 0.3 is 0 Å². The topological polar surface area (TPSA) is 12.0 Å². The number of halogens is 2. The second-order valence-corrected chi connectivity index (χ2v) is 5.96. The Bertz CT molecular complexity index is 542. The van der Waals surface area contributed by atoms with Gasteiger partial charge in [0.05, 0.1) is 0 Å². The van der Waals surface area contributed by atoms with E-state index < -0.39 is 0 Å². The first-order valence-corrected chi connectivity index (χ1v) is 7.65.